The Morgan fingerprint density at radius 1 is 0.912 bits per heavy atom. The third kappa shape index (κ3) is 7.72. The van der Waals surface area contributed by atoms with E-state index < -0.39 is 0 Å². The van der Waals surface area contributed by atoms with E-state index in [1.165, 1.54) is 0 Å². The molecular weight excluding hydrogens is 448 g/mol. The maximum atomic E-state index is 13.2. The zero-order valence-electron chi connectivity index (χ0n) is 19.7. The summed E-state index contributed by atoms with van der Waals surface area (Å²) < 4.78 is 5.29. The van der Waals surface area contributed by atoms with E-state index in [9.17, 15) is 9.59 Å². The Kier molecular flexibility index (Phi) is 9.68. The SMILES string of the molecule is CCCCOC(=O)c1ccc(N(Cc2ccc(C)cc2)C(=O)CNCc2ccc(Cl)cc2)cc1. The number of unbranched alkanes of at least 4 members (excludes halogenated alkanes) is 1. The molecule has 0 heterocycles. The molecule has 0 radical (unpaired) electrons. The van der Waals surface area contributed by atoms with Gasteiger partial charge in [-0.2, -0.15) is 0 Å². The van der Waals surface area contributed by atoms with Gasteiger partial charge in [-0.25, -0.2) is 4.79 Å². The largest absolute Gasteiger partial charge is 0.462 e. The van der Waals surface area contributed by atoms with E-state index in [-0.39, 0.29) is 18.4 Å². The third-order valence-corrected chi connectivity index (χ3v) is 5.68. The van der Waals surface area contributed by atoms with Crippen molar-refractivity contribution in [3.63, 3.8) is 0 Å². The second-order valence-electron chi connectivity index (χ2n) is 8.23. The molecular formula is C28H31ClN2O3. The van der Waals surface area contributed by atoms with Gasteiger partial charge in [0.1, 0.15) is 0 Å². The molecule has 0 atom stereocenters. The van der Waals surface area contributed by atoms with Crippen LogP contribution in [-0.2, 0) is 22.6 Å². The summed E-state index contributed by atoms with van der Waals surface area (Å²) in [5, 5.41) is 3.90. The fraction of sp³-hybridized carbons (Fsp3) is 0.286. The fourth-order valence-corrected chi connectivity index (χ4v) is 3.51. The first-order valence-corrected chi connectivity index (χ1v) is 11.9. The van der Waals surface area contributed by atoms with Gasteiger partial charge in [-0.1, -0.05) is 66.9 Å². The van der Waals surface area contributed by atoms with Crippen molar-refractivity contribution in [2.45, 2.75) is 39.8 Å². The number of nitrogens with zero attached hydrogens (tertiary/aromatic N) is 1. The molecule has 0 aliphatic rings. The molecule has 178 valence electrons. The highest BCUT2D eigenvalue weighted by molar-refractivity contribution is 6.30. The van der Waals surface area contributed by atoms with Gasteiger partial charge < -0.3 is 15.0 Å². The summed E-state index contributed by atoms with van der Waals surface area (Å²) in [5.41, 5.74) is 4.44. The summed E-state index contributed by atoms with van der Waals surface area (Å²) in [6, 6.07) is 22.6. The Balaban J connectivity index is 1.70. The van der Waals surface area contributed by atoms with Gasteiger partial charge >= 0.3 is 5.97 Å². The second-order valence-corrected chi connectivity index (χ2v) is 8.67. The monoisotopic (exact) mass is 478 g/mol. The minimum Gasteiger partial charge on any atom is -0.462 e. The smallest absolute Gasteiger partial charge is 0.338 e. The van der Waals surface area contributed by atoms with Crippen LogP contribution in [0.2, 0.25) is 5.02 Å². The maximum absolute atomic E-state index is 13.2. The van der Waals surface area contributed by atoms with Crippen LogP contribution in [-0.4, -0.2) is 25.0 Å². The van der Waals surface area contributed by atoms with Gasteiger partial charge in [0.2, 0.25) is 5.91 Å². The Morgan fingerprint density at radius 2 is 1.56 bits per heavy atom. The molecule has 6 heteroatoms. The number of rotatable bonds is 11. The summed E-state index contributed by atoms with van der Waals surface area (Å²) in [6.07, 6.45) is 1.81. The van der Waals surface area contributed by atoms with E-state index in [1.807, 2.05) is 62.4 Å². The molecule has 0 aliphatic carbocycles. The highest BCUT2D eigenvalue weighted by Gasteiger charge is 2.17. The van der Waals surface area contributed by atoms with Crippen LogP contribution in [0, 0.1) is 6.92 Å². The van der Waals surface area contributed by atoms with Crippen LogP contribution in [0.5, 0.6) is 0 Å². The predicted molar refractivity (Wildman–Crippen MR) is 137 cm³/mol. The van der Waals surface area contributed by atoms with Crippen LogP contribution in [0.3, 0.4) is 0 Å². The lowest BCUT2D eigenvalue weighted by molar-refractivity contribution is -0.118. The average Bonchev–Trinajstić information content (AvgIpc) is 2.85. The first-order valence-electron chi connectivity index (χ1n) is 11.5. The fourth-order valence-electron chi connectivity index (χ4n) is 3.38. The van der Waals surface area contributed by atoms with Crippen molar-refractivity contribution < 1.29 is 14.3 Å². The Morgan fingerprint density at radius 3 is 2.21 bits per heavy atom. The Hall–Kier alpha value is -3.15. The highest BCUT2D eigenvalue weighted by atomic mass is 35.5. The highest BCUT2D eigenvalue weighted by Crippen LogP contribution is 2.20. The molecule has 0 aromatic heterocycles. The van der Waals surface area contributed by atoms with E-state index >= 15 is 0 Å². The lowest BCUT2D eigenvalue weighted by Crippen LogP contribution is -2.37. The van der Waals surface area contributed by atoms with Crippen LogP contribution in [0.1, 0.15) is 46.8 Å². The van der Waals surface area contributed by atoms with Crippen LogP contribution in [0.4, 0.5) is 5.69 Å². The maximum Gasteiger partial charge on any atom is 0.338 e. The van der Waals surface area contributed by atoms with Crippen molar-refractivity contribution >= 4 is 29.2 Å². The quantitative estimate of drug-likeness (QED) is 0.274. The van der Waals surface area contributed by atoms with Gasteiger partial charge in [0.05, 0.1) is 25.3 Å². The van der Waals surface area contributed by atoms with Crippen LogP contribution >= 0.6 is 11.6 Å². The number of hydrogen-bond donors (Lipinski definition) is 1. The topological polar surface area (TPSA) is 58.6 Å². The summed E-state index contributed by atoms with van der Waals surface area (Å²) in [7, 11) is 0. The van der Waals surface area contributed by atoms with Crippen molar-refractivity contribution in [1.29, 1.82) is 0 Å². The second kappa shape index (κ2) is 12.9. The molecule has 0 saturated carbocycles. The van der Waals surface area contributed by atoms with Crippen molar-refractivity contribution in [3.8, 4) is 0 Å². The van der Waals surface area contributed by atoms with Gasteiger partial charge in [-0.3, -0.25) is 4.79 Å². The van der Waals surface area contributed by atoms with E-state index in [0.29, 0.717) is 30.3 Å². The van der Waals surface area contributed by atoms with E-state index in [1.54, 1.807) is 29.2 Å². The summed E-state index contributed by atoms with van der Waals surface area (Å²) in [5.74, 6) is -0.408. The summed E-state index contributed by atoms with van der Waals surface area (Å²) in [4.78, 5) is 27.2. The van der Waals surface area contributed by atoms with E-state index in [4.69, 9.17) is 16.3 Å². The standard InChI is InChI=1S/C28H31ClN2O3/c1-3-4-17-34-28(33)24-11-15-26(16-12-24)31(20-23-7-5-21(2)6-8-23)27(32)19-30-18-22-9-13-25(29)14-10-22/h5-16,30H,3-4,17-20H2,1-2H3. The van der Waals surface area contributed by atoms with Crippen molar-refractivity contribution in [2.24, 2.45) is 0 Å². The molecule has 34 heavy (non-hydrogen) atoms. The number of hydrogen-bond acceptors (Lipinski definition) is 4. The molecule has 5 nitrogen and oxygen atoms in total. The third-order valence-electron chi connectivity index (χ3n) is 5.43. The lowest BCUT2D eigenvalue weighted by Gasteiger charge is -2.24. The average molecular weight is 479 g/mol. The van der Waals surface area contributed by atoms with E-state index in [2.05, 4.69) is 5.32 Å². The number of amides is 1. The lowest BCUT2D eigenvalue weighted by atomic mass is 10.1. The number of halogens is 1. The van der Waals surface area contributed by atoms with Crippen LogP contribution in [0.25, 0.3) is 0 Å². The number of carbonyl (C=O) groups excluding carboxylic acids is 2. The minimum absolute atomic E-state index is 0.0622. The molecule has 3 aromatic rings. The van der Waals surface area contributed by atoms with E-state index in [0.717, 1.165) is 35.2 Å². The number of aryl methyl sites for hydroxylation is 1. The number of esters is 1. The van der Waals surface area contributed by atoms with Crippen molar-refractivity contribution in [3.05, 3.63) is 100 Å². The van der Waals surface area contributed by atoms with Gasteiger partial charge in [-0.15, -0.1) is 0 Å². The Labute approximate surface area is 206 Å². The zero-order valence-corrected chi connectivity index (χ0v) is 20.5. The molecule has 0 bridgehead atoms. The molecule has 0 aliphatic heterocycles. The molecule has 0 saturated heterocycles. The molecule has 0 spiro atoms. The minimum atomic E-state index is -0.346. The first-order chi connectivity index (χ1) is 16.5. The predicted octanol–water partition coefficient (Wildman–Crippen LogP) is 5.93. The number of benzene rings is 3. The molecule has 0 fully saturated rings. The summed E-state index contributed by atoms with van der Waals surface area (Å²) >= 11 is 5.94. The normalized spacial score (nSPS) is 10.7. The van der Waals surface area contributed by atoms with Gasteiger partial charge in [-0.05, 0) is 60.9 Å². The van der Waals surface area contributed by atoms with Gasteiger partial charge in [0.25, 0.3) is 0 Å². The first kappa shape index (κ1) is 25.5. The van der Waals surface area contributed by atoms with Gasteiger partial charge in [0.15, 0.2) is 0 Å². The van der Waals surface area contributed by atoms with Crippen molar-refractivity contribution in [1.82, 2.24) is 5.32 Å². The molecule has 1 amide bonds. The van der Waals surface area contributed by atoms with Gasteiger partial charge in [0, 0.05) is 17.3 Å². The zero-order chi connectivity index (χ0) is 24.3. The number of anilines is 1. The van der Waals surface area contributed by atoms with Crippen LogP contribution < -0.4 is 10.2 Å². The molecule has 0 unspecified atom stereocenters. The molecule has 3 rings (SSSR count). The number of carbonyl (C=O) groups is 2. The number of nitrogens with one attached hydrogen (secondary N) is 1. The van der Waals surface area contributed by atoms with Crippen molar-refractivity contribution in [2.75, 3.05) is 18.1 Å². The Bertz CT molecular complexity index is 1060. The molecule has 1 N–H and O–H groups in total. The number of ether oxygens (including phenoxy) is 1. The summed E-state index contributed by atoms with van der Waals surface area (Å²) in [6.45, 7) is 5.66. The molecule has 3 aromatic carbocycles. The van der Waals surface area contributed by atoms with Crippen LogP contribution in [0.15, 0.2) is 72.8 Å².